The van der Waals surface area contributed by atoms with E-state index >= 15 is 0 Å². The summed E-state index contributed by atoms with van der Waals surface area (Å²) in [4.78, 5) is 11.6. The molecule has 0 spiro atoms. The number of hydrogen-bond donors (Lipinski definition) is 3. The third kappa shape index (κ3) is 3.00. The van der Waals surface area contributed by atoms with Crippen LogP contribution in [0.25, 0.3) is 0 Å². The van der Waals surface area contributed by atoms with E-state index in [1.54, 1.807) is 0 Å². The Bertz CT molecular complexity index is 380. The number of aliphatic hydroxyl groups is 1. The second-order valence-electron chi connectivity index (χ2n) is 4.84. The van der Waals surface area contributed by atoms with Gasteiger partial charge in [-0.1, -0.05) is 19.8 Å². The number of tetrazole rings is 1. The van der Waals surface area contributed by atoms with E-state index in [2.05, 4.69) is 32.9 Å². The summed E-state index contributed by atoms with van der Waals surface area (Å²) in [6.07, 6.45) is 3.58. The quantitative estimate of drug-likeness (QED) is 0.681. The number of carbonyl (C=O) groups is 1. The minimum atomic E-state index is -0.795. The van der Waals surface area contributed by atoms with Crippen molar-refractivity contribution in [1.29, 1.82) is 0 Å². The predicted octanol–water partition coefficient (Wildman–Crippen LogP) is -0.129. The highest BCUT2D eigenvalue weighted by atomic mass is 16.3. The molecule has 0 aromatic carbocycles. The molecule has 1 aromatic heterocycles. The van der Waals surface area contributed by atoms with Gasteiger partial charge in [0.15, 0.2) is 0 Å². The molecule has 1 fully saturated rings. The van der Waals surface area contributed by atoms with Gasteiger partial charge in [-0.3, -0.25) is 4.79 Å². The summed E-state index contributed by atoms with van der Waals surface area (Å²) in [5.74, 6) is 0.0821. The van der Waals surface area contributed by atoms with Crippen molar-refractivity contribution in [2.24, 2.45) is 5.92 Å². The molecule has 1 aliphatic rings. The molecule has 2 atom stereocenters. The molecule has 1 aliphatic carbocycles. The smallest absolute Gasteiger partial charge is 0.292 e. The van der Waals surface area contributed by atoms with Crippen LogP contribution in [0.4, 0.5) is 0 Å². The number of nitrogens with one attached hydrogen (secondary N) is 2. The highest BCUT2D eigenvalue weighted by molar-refractivity contribution is 5.90. The van der Waals surface area contributed by atoms with E-state index in [1.807, 2.05) is 0 Å². The van der Waals surface area contributed by atoms with Crippen molar-refractivity contribution >= 4 is 5.91 Å². The van der Waals surface area contributed by atoms with Crippen LogP contribution in [0.15, 0.2) is 0 Å². The molecule has 0 saturated heterocycles. The van der Waals surface area contributed by atoms with E-state index in [-0.39, 0.29) is 12.4 Å². The van der Waals surface area contributed by atoms with Gasteiger partial charge in [0.05, 0.1) is 5.60 Å². The van der Waals surface area contributed by atoms with Gasteiger partial charge in [-0.15, -0.1) is 10.2 Å². The van der Waals surface area contributed by atoms with Crippen LogP contribution >= 0.6 is 0 Å². The molecule has 0 radical (unpaired) electrons. The Morgan fingerprint density at radius 3 is 3.18 bits per heavy atom. The molecule has 7 heteroatoms. The van der Waals surface area contributed by atoms with Crippen LogP contribution in [-0.2, 0) is 0 Å². The molecule has 3 N–H and O–H groups in total. The highest BCUT2D eigenvalue weighted by Gasteiger charge is 2.33. The van der Waals surface area contributed by atoms with Gasteiger partial charge in [-0.25, -0.2) is 0 Å². The van der Waals surface area contributed by atoms with E-state index in [9.17, 15) is 9.90 Å². The van der Waals surface area contributed by atoms with Crippen LogP contribution < -0.4 is 5.32 Å². The maximum absolute atomic E-state index is 11.6. The lowest BCUT2D eigenvalue weighted by Crippen LogP contribution is -2.46. The summed E-state index contributed by atoms with van der Waals surface area (Å²) in [6, 6.07) is 0. The fourth-order valence-electron chi connectivity index (χ4n) is 2.37. The first-order chi connectivity index (χ1) is 8.09. The Hall–Kier alpha value is -1.50. The van der Waals surface area contributed by atoms with Gasteiger partial charge >= 0.3 is 0 Å². The number of carbonyl (C=O) groups excluding carboxylic acids is 1. The summed E-state index contributed by atoms with van der Waals surface area (Å²) in [7, 11) is 0. The normalized spacial score (nSPS) is 28.9. The van der Waals surface area contributed by atoms with Crippen molar-refractivity contribution < 1.29 is 9.90 Å². The first kappa shape index (κ1) is 12.0. The lowest BCUT2D eigenvalue weighted by atomic mass is 9.79. The zero-order valence-electron chi connectivity index (χ0n) is 9.81. The van der Waals surface area contributed by atoms with Gasteiger partial charge in [0, 0.05) is 6.54 Å². The minimum Gasteiger partial charge on any atom is -0.388 e. The van der Waals surface area contributed by atoms with Crippen molar-refractivity contribution in [1.82, 2.24) is 25.9 Å². The number of rotatable bonds is 3. The molecule has 1 heterocycles. The molecular weight excluding hydrogens is 222 g/mol. The van der Waals surface area contributed by atoms with Crippen molar-refractivity contribution in [3.05, 3.63) is 5.82 Å². The predicted molar refractivity (Wildman–Crippen MR) is 59.1 cm³/mol. The van der Waals surface area contributed by atoms with Gasteiger partial charge < -0.3 is 10.4 Å². The molecule has 2 rings (SSSR count). The molecule has 1 saturated carbocycles. The molecule has 7 nitrogen and oxygen atoms in total. The number of H-pyrrole nitrogens is 1. The number of hydrogen-bond acceptors (Lipinski definition) is 5. The Balaban J connectivity index is 1.87. The van der Waals surface area contributed by atoms with Crippen LogP contribution in [0.2, 0.25) is 0 Å². The number of nitrogens with zero attached hydrogens (tertiary/aromatic N) is 3. The summed E-state index contributed by atoms with van der Waals surface area (Å²) >= 11 is 0. The standard InChI is InChI=1S/C10H17N5O2/c1-7-3-2-4-10(17,5-7)6-11-9(16)8-12-14-15-13-8/h7,17H,2-6H2,1H3,(H,11,16)(H,12,13,14,15). The maximum atomic E-state index is 11.6. The fraction of sp³-hybridized carbons (Fsp3) is 0.800. The minimum absolute atomic E-state index is 0.00235. The monoisotopic (exact) mass is 239 g/mol. The molecule has 94 valence electrons. The van der Waals surface area contributed by atoms with Crippen LogP contribution in [0.3, 0.4) is 0 Å². The lowest BCUT2D eigenvalue weighted by molar-refractivity contribution is -0.0110. The van der Waals surface area contributed by atoms with Gasteiger partial charge in [0.2, 0.25) is 0 Å². The van der Waals surface area contributed by atoms with Crippen molar-refractivity contribution in [3.63, 3.8) is 0 Å². The van der Waals surface area contributed by atoms with Crippen LogP contribution in [0.1, 0.15) is 43.2 Å². The van der Waals surface area contributed by atoms with E-state index in [1.165, 1.54) is 0 Å². The largest absolute Gasteiger partial charge is 0.388 e. The SMILES string of the molecule is CC1CCCC(O)(CNC(=O)c2nn[nH]n2)C1. The lowest BCUT2D eigenvalue weighted by Gasteiger charge is -2.35. The topological polar surface area (TPSA) is 104 Å². The first-order valence-electron chi connectivity index (χ1n) is 5.83. The first-order valence-corrected chi connectivity index (χ1v) is 5.83. The van der Waals surface area contributed by atoms with Gasteiger partial charge in [0.1, 0.15) is 0 Å². The molecule has 0 aliphatic heterocycles. The number of aromatic amines is 1. The van der Waals surface area contributed by atoms with Crippen molar-refractivity contribution in [2.75, 3.05) is 6.54 Å². The number of amides is 1. The summed E-state index contributed by atoms with van der Waals surface area (Å²) in [6.45, 7) is 2.36. The Labute approximate surface area is 99.0 Å². The zero-order valence-corrected chi connectivity index (χ0v) is 9.81. The molecule has 2 unspecified atom stereocenters. The molecule has 1 aromatic rings. The van der Waals surface area contributed by atoms with Crippen molar-refractivity contribution in [3.8, 4) is 0 Å². The second-order valence-corrected chi connectivity index (χ2v) is 4.84. The maximum Gasteiger partial charge on any atom is 0.292 e. The number of aromatic nitrogens is 4. The van der Waals surface area contributed by atoms with Crippen LogP contribution in [-0.4, -0.2) is 43.8 Å². The third-order valence-corrected chi connectivity index (χ3v) is 3.19. The van der Waals surface area contributed by atoms with E-state index in [4.69, 9.17) is 0 Å². The molecule has 0 bridgehead atoms. The van der Waals surface area contributed by atoms with E-state index in [0.29, 0.717) is 5.92 Å². The molecule has 1 amide bonds. The van der Waals surface area contributed by atoms with Gasteiger partial charge in [0.25, 0.3) is 11.7 Å². The fourth-order valence-corrected chi connectivity index (χ4v) is 2.37. The molecule has 17 heavy (non-hydrogen) atoms. The van der Waals surface area contributed by atoms with Gasteiger partial charge in [-0.05, 0) is 24.0 Å². The average Bonchev–Trinajstić information content (AvgIpc) is 2.79. The van der Waals surface area contributed by atoms with E-state index in [0.717, 1.165) is 25.7 Å². The van der Waals surface area contributed by atoms with Crippen LogP contribution in [0.5, 0.6) is 0 Å². The summed E-state index contributed by atoms with van der Waals surface area (Å²) < 4.78 is 0. The summed E-state index contributed by atoms with van der Waals surface area (Å²) in [5, 5.41) is 25.6. The Morgan fingerprint density at radius 2 is 2.53 bits per heavy atom. The second kappa shape index (κ2) is 4.79. The van der Waals surface area contributed by atoms with Gasteiger partial charge in [-0.2, -0.15) is 5.21 Å². The molecular formula is C10H17N5O2. The van der Waals surface area contributed by atoms with E-state index < -0.39 is 11.5 Å². The summed E-state index contributed by atoms with van der Waals surface area (Å²) in [5.41, 5.74) is -0.795. The third-order valence-electron chi connectivity index (χ3n) is 3.19. The average molecular weight is 239 g/mol. The Kier molecular flexibility index (Phi) is 3.37. The van der Waals surface area contributed by atoms with Crippen molar-refractivity contribution in [2.45, 2.75) is 38.2 Å². The Morgan fingerprint density at radius 1 is 1.71 bits per heavy atom. The zero-order chi connectivity index (χ0) is 12.3. The highest BCUT2D eigenvalue weighted by Crippen LogP contribution is 2.31. The van der Waals surface area contributed by atoms with Crippen LogP contribution in [0, 0.1) is 5.92 Å².